The van der Waals surface area contributed by atoms with Crippen LogP contribution in [0.3, 0.4) is 0 Å². The van der Waals surface area contributed by atoms with Gasteiger partial charge in [0.1, 0.15) is 5.82 Å². The highest BCUT2D eigenvalue weighted by atomic mass is 19.4. The van der Waals surface area contributed by atoms with Crippen molar-refractivity contribution in [1.29, 1.82) is 0 Å². The summed E-state index contributed by atoms with van der Waals surface area (Å²) in [5.74, 6) is 0.625. The number of allylic oxidation sites excluding steroid dienone is 2. The molecule has 0 spiro atoms. The Kier molecular flexibility index (Phi) is 5.41. The Balaban J connectivity index is 1.39. The van der Waals surface area contributed by atoms with E-state index in [-0.39, 0.29) is 29.7 Å². The molecular weight excluding hydrogens is 435 g/mol. The monoisotopic (exact) mass is 459 g/mol. The molecule has 3 fully saturated rings. The van der Waals surface area contributed by atoms with Gasteiger partial charge in [0.05, 0.1) is 42.1 Å². The van der Waals surface area contributed by atoms with Crippen molar-refractivity contribution in [3.63, 3.8) is 0 Å². The second kappa shape index (κ2) is 8.27. The van der Waals surface area contributed by atoms with Crippen LogP contribution in [-0.4, -0.2) is 54.4 Å². The lowest BCUT2D eigenvalue weighted by Gasteiger charge is -2.50. The lowest BCUT2D eigenvalue weighted by Crippen LogP contribution is -2.60. The molecule has 33 heavy (non-hydrogen) atoms. The van der Waals surface area contributed by atoms with Crippen molar-refractivity contribution >= 4 is 17.4 Å². The second-order valence-electron chi connectivity index (χ2n) is 8.90. The number of hydrogen-bond donors (Lipinski definition) is 1. The van der Waals surface area contributed by atoms with E-state index in [1.807, 2.05) is 24.0 Å². The number of amides is 1. The molecule has 0 aromatic carbocycles. The lowest BCUT2D eigenvalue weighted by molar-refractivity contribution is -0.141. The number of fused-ring (bicyclic) bond motifs is 3. The van der Waals surface area contributed by atoms with Crippen LogP contribution < -0.4 is 5.32 Å². The molecule has 2 saturated heterocycles. The highest BCUT2D eigenvalue weighted by molar-refractivity contribution is 6.02. The summed E-state index contributed by atoms with van der Waals surface area (Å²) < 4.78 is 38.4. The Hall–Kier alpha value is -3.24. The molecule has 4 unspecified atom stereocenters. The Morgan fingerprint density at radius 3 is 2.61 bits per heavy atom. The van der Waals surface area contributed by atoms with Gasteiger partial charge in [-0.15, -0.1) is 0 Å². The number of hydrogen-bond acceptors (Lipinski definition) is 6. The zero-order valence-corrected chi connectivity index (χ0v) is 18.0. The number of piperidine rings is 2. The Morgan fingerprint density at radius 2 is 1.94 bits per heavy atom. The summed E-state index contributed by atoms with van der Waals surface area (Å²) in [6.45, 7) is 2.71. The van der Waals surface area contributed by atoms with Gasteiger partial charge < -0.3 is 10.2 Å². The van der Waals surface area contributed by atoms with Crippen molar-refractivity contribution in [2.24, 2.45) is 11.8 Å². The minimum atomic E-state index is -4.53. The van der Waals surface area contributed by atoms with Gasteiger partial charge in [0.25, 0.3) is 5.91 Å². The molecule has 2 aliphatic heterocycles. The number of carbonyl (C=O) groups excluding carboxylic acids is 1. The van der Waals surface area contributed by atoms with E-state index >= 15 is 0 Å². The van der Waals surface area contributed by atoms with Crippen molar-refractivity contribution in [2.75, 3.05) is 11.9 Å². The molecule has 174 valence electrons. The lowest BCUT2D eigenvalue weighted by atomic mass is 9.76. The second-order valence-corrected chi connectivity index (χ2v) is 8.90. The summed E-state index contributed by atoms with van der Waals surface area (Å²) in [5, 5.41) is 11.7. The standard InChI is InChI=1S/C22H24F3N7O/c1-13-3-2-4-15(20(13)32-28-7-8-29-32)21(33)31-12-14-5-6-17(31)16(9-14)30-19-11-26-18(10-27-19)22(23,24)25/h2,4,7-8,10-11,13-14,16-17H,3,5-6,9,12H2,1H3,(H,27,30). The van der Waals surface area contributed by atoms with E-state index in [0.29, 0.717) is 18.0 Å². The van der Waals surface area contributed by atoms with Crippen molar-refractivity contribution in [3.05, 3.63) is 48.2 Å². The van der Waals surface area contributed by atoms with E-state index in [1.165, 1.54) is 4.80 Å². The van der Waals surface area contributed by atoms with Gasteiger partial charge in [-0.05, 0) is 31.6 Å². The normalized spacial score (nSPS) is 27.2. The summed E-state index contributed by atoms with van der Waals surface area (Å²) in [6, 6.07) is -0.194. The van der Waals surface area contributed by atoms with Gasteiger partial charge in [-0.25, -0.2) is 9.97 Å². The Morgan fingerprint density at radius 1 is 1.15 bits per heavy atom. The predicted octanol–water partition coefficient (Wildman–Crippen LogP) is 3.39. The molecule has 11 heteroatoms. The number of halogens is 3. The maximum atomic E-state index is 13.7. The van der Waals surface area contributed by atoms with Crippen LogP contribution in [0, 0.1) is 11.8 Å². The maximum absolute atomic E-state index is 13.7. The molecule has 2 aliphatic carbocycles. The molecule has 2 aromatic rings. The van der Waals surface area contributed by atoms with Gasteiger partial charge in [-0.2, -0.15) is 28.2 Å². The first-order chi connectivity index (χ1) is 15.8. The number of nitrogens with zero attached hydrogens (tertiary/aromatic N) is 6. The van der Waals surface area contributed by atoms with E-state index in [2.05, 4.69) is 25.5 Å². The molecule has 2 bridgehead atoms. The van der Waals surface area contributed by atoms with Gasteiger partial charge in [0.2, 0.25) is 0 Å². The molecule has 1 saturated carbocycles. The van der Waals surface area contributed by atoms with Gasteiger partial charge in [-0.1, -0.05) is 19.1 Å². The van der Waals surface area contributed by atoms with Crippen LogP contribution in [-0.2, 0) is 11.0 Å². The molecule has 1 N–H and O–H groups in total. The zero-order chi connectivity index (χ0) is 23.2. The van der Waals surface area contributed by atoms with Crippen LogP contribution in [0.2, 0.25) is 0 Å². The average molecular weight is 459 g/mol. The van der Waals surface area contributed by atoms with Gasteiger partial charge in [0.15, 0.2) is 5.69 Å². The molecule has 8 nitrogen and oxygen atoms in total. The first-order valence-corrected chi connectivity index (χ1v) is 11.1. The molecule has 0 radical (unpaired) electrons. The van der Waals surface area contributed by atoms with Crippen LogP contribution in [0.15, 0.2) is 42.5 Å². The number of alkyl halides is 3. The number of nitrogens with one attached hydrogen (secondary N) is 1. The maximum Gasteiger partial charge on any atom is 0.434 e. The fourth-order valence-electron chi connectivity index (χ4n) is 5.15. The fraction of sp³-hybridized carbons (Fsp3) is 0.500. The van der Waals surface area contributed by atoms with E-state index in [0.717, 1.165) is 43.8 Å². The number of aromatic nitrogens is 5. The third kappa shape index (κ3) is 4.11. The zero-order valence-electron chi connectivity index (χ0n) is 18.0. The molecule has 4 atom stereocenters. The van der Waals surface area contributed by atoms with E-state index < -0.39 is 11.9 Å². The first-order valence-electron chi connectivity index (χ1n) is 11.1. The SMILES string of the molecule is CC1CC=CC(C(=O)N2CC3CCC2C(Nc2cnc(C(F)(F)F)cn2)C3)=C1n1nccn1. The average Bonchev–Trinajstić information content (AvgIpc) is 3.33. The van der Waals surface area contributed by atoms with Crippen molar-refractivity contribution < 1.29 is 18.0 Å². The highest BCUT2D eigenvalue weighted by Crippen LogP contribution is 2.39. The largest absolute Gasteiger partial charge is 0.434 e. The molecule has 4 heterocycles. The molecule has 1 amide bonds. The van der Waals surface area contributed by atoms with Crippen molar-refractivity contribution in [3.8, 4) is 0 Å². The third-order valence-electron chi connectivity index (χ3n) is 6.70. The summed E-state index contributed by atoms with van der Waals surface area (Å²) in [5.41, 5.74) is 0.345. The number of carbonyl (C=O) groups is 1. The summed E-state index contributed by atoms with van der Waals surface area (Å²) in [7, 11) is 0. The van der Waals surface area contributed by atoms with E-state index in [1.54, 1.807) is 12.4 Å². The quantitative estimate of drug-likeness (QED) is 0.754. The summed E-state index contributed by atoms with van der Waals surface area (Å²) in [4.78, 5) is 24.5. The fourth-order valence-corrected chi connectivity index (χ4v) is 5.15. The van der Waals surface area contributed by atoms with Crippen molar-refractivity contribution in [1.82, 2.24) is 29.9 Å². The topological polar surface area (TPSA) is 88.8 Å². The highest BCUT2D eigenvalue weighted by Gasteiger charge is 2.44. The molecular formula is C22H24F3N7O. The smallest absolute Gasteiger partial charge is 0.364 e. The minimum Gasteiger partial charge on any atom is -0.364 e. The Labute approximate surface area is 188 Å². The van der Waals surface area contributed by atoms with Crippen LogP contribution in [0.4, 0.5) is 19.0 Å². The number of anilines is 1. The van der Waals surface area contributed by atoms with Crippen molar-refractivity contribution in [2.45, 2.75) is 50.9 Å². The molecule has 4 aliphatic rings. The van der Waals surface area contributed by atoms with Gasteiger partial charge in [-0.3, -0.25) is 4.79 Å². The number of rotatable bonds is 4. The van der Waals surface area contributed by atoms with E-state index in [9.17, 15) is 18.0 Å². The van der Waals surface area contributed by atoms with Gasteiger partial charge >= 0.3 is 6.18 Å². The summed E-state index contributed by atoms with van der Waals surface area (Å²) >= 11 is 0. The predicted molar refractivity (Wildman–Crippen MR) is 113 cm³/mol. The van der Waals surface area contributed by atoms with Crippen LogP contribution in [0.25, 0.3) is 5.70 Å². The van der Waals surface area contributed by atoms with E-state index in [4.69, 9.17) is 0 Å². The third-order valence-corrected chi connectivity index (χ3v) is 6.70. The Bertz CT molecular complexity index is 1080. The molecule has 2 aromatic heterocycles. The molecule has 6 rings (SSSR count). The van der Waals surface area contributed by atoms with Crippen LogP contribution >= 0.6 is 0 Å². The minimum absolute atomic E-state index is 0.0650. The first kappa shape index (κ1) is 21.6. The summed E-state index contributed by atoms with van der Waals surface area (Å²) in [6.07, 6.45) is 7.82. The van der Waals surface area contributed by atoms with Crippen LogP contribution in [0.1, 0.15) is 38.3 Å². The van der Waals surface area contributed by atoms with Gasteiger partial charge in [0, 0.05) is 18.5 Å². The van der Waals surface area contributed by atoms with Crippen LogP contribution in [0.5, 0.6) is 0 Å².